The van der Waals surface area contributed by atoms with E-state index in [1.807, 2.05) is 0 Å². The van der Waals surface area contributed by atoms with Crippen molar-refractivity contribution in [2.24, 2.45) is 0 Å². The zero-order chi connectivity index (χ0) is 9.83. The molecule has 0 saturated heterocycles. The van der Waals surface area contributed by atoms with Crippen LogP contribution in [0.15, 0.2) is 11.8 Å². The molecule has 0 aliphatic carbocycles. The van der Waals surface area contributed by atoms with Crippen LogP contribution in [0.3, 0.4) is 0 Å². The van der Waals surface area contributed by atoms with Crippen molar-refractivity contribution >= 4 is 8.07 Å². The molecule has 72 valence electrons. The van der Waals surface area contributed by atoms with Gasteiger partial charge in [0.2, 0.25) is 0 Å². The highest BCUT2D eigenvalue weighted by molar-refractivity contribution is 6.84. The predicted octanol–water partition coefficient (Wildman–Crippen LogP) is 4.39. The normalized spacial score (nSPS) is 14.2. The lowest BCUT2D eigenvalue weighted by Crippen LogP contribution is -2.36. The van der Waals surface area contributed by atoms with Crippen LogP contribution in [-0.2, 0) is 0 Å². The minimum Gasteiger partial charge on any atom is -0.0981 e. The van der Waals surface area contributed by atoms with E-state index in [1.165, 1.54) is 12.8 Å². The number of rotatable bonds is 4. The summed E-state index contributed by atoms with van der Waals surface area (Å²) in [5.74, 6) is 0. The molecule has 0 aliphatic heterocycles. The Morgan fingerprint density at radius 1 is 1.17 bits per heavy atom. The van der Waals surface area contributed by atoms with Gasteiger partial charge in [-0.2, -0.15) is 0 Å². The van der Waals surface area contributed by atoms with Gasteiger partial charge < -0.3 is 0 Å². The average molecular weight is 184 g/mol. The van der Waals surface area contributed by atoms with Crippen molar-refractivity contribution in [3.8, 4) is 0 Å². The van der Waals surface area contributed by atoms with Crippen molar-refractivity contribution < 1.29 is 0 Å². The lowest BCUT2D eigenvalue weighted by molar-refractivity contribution is 0.624. The third kappa shape index (κ3) is 2.78. The molecule has 0 unspecified atom stereocenters. The van der Waals surface area contributed by atoms with Crippen LogP contribution in [-0.4, -0.2) is 8.07 Å². The maximum atomic E-state index is 2.50. The van der Waals surface area contributed by atoms with Crippen LogP contribution in [0.2, 0.25) is 18.1 Å². The first kappa shape index (κ1) is 12.0. The van der Waals surface area contributed by atoms with E-state index in [-0.39, 0.29) is 0 Å². The highest BCUT2D eigenvalue weighted by Gasteiger charge is 2.34. The fraction of sp³-hybridized carbons (Fsp3) is 0.818. The van der Waals surface area contributed by atoms with Crippen LogP contribution in [0.5, 0.6) is 0 Å². The van der Waals surface area contributed by atoms with E-state index < -0.39 is 8.07 Å². The van der Waals surface area contributed by atoms with Gasteiger partial charge in [0.1, 0.15) is 0 Å². The minimum atomic E-state index is -1.13. The summed E-state index contributed by atoms with van der Waals surface area (Å²) in [7, 11) is -1.13. The van der Waals surface area contributed by atoms with Gasteiger partial charge in [-0.05, 0) is 11.5 Å². The second-order valence-electron chi connectivity index (χ2n) is 4.77. The maximum Gasteiger partial charge on any atom is 0.0768 e. The molecule has 0 radical (unpaired) electrons. The molecule has 1 heteroatoms. The van der Waals surface area contributed by atoms with Gasteiger partial charge in [0.15, 0.2) is 0 Å². The SMILES string of the molecule is CCC=C[Si](C)(C)C(C)(C)CC. The Balaban J connectivity index is 4.48. The van der Waals surface area contributed by atoms with Crippen LogP contribution < -0.4 is 0 Å². The molecule has 0 heterocycles. The summed E-state index contributed by atoms with van der Waals surface area (Å²) in [4.78, 5) is 0. The van der Waals surface area contributed by atoms with Crippen molar-refractivity contribution in [1.82, 2.24) is 0 Å². The molecule has 0 amide bonds. The van der Waals surface area contributed by atoms with E-state index in [1.54, 1.807) is 0 Å². The molecule has 0 aromatic carbocycles. The van der Waals surface area contributed by atoms with E-state index in [0.29, 0.717) is 5.04 Å². The maximum absolute atomic E-state index is 2.50. The summed E-state index contributed by atoms with van der Waals surface area (Å²) in [6.45, 7) is 14.2. The highest BCUT2D eigenvalue weighted by atomic mass is 28.3. The molecule has 0 rings (SSSR count). The molecule has 0 spiro atoms. The standard InChI is InChI=1S/C11H24Si/c1-7-9-10-12(5,6)11(3,4)8-2/h9-10H,7-8H2,1-6H3. The Labute approximate surface area is 79.1 Å². The Kier molecular flexibility index (Phi) is 4.25. The number of allylic oxidation sites excluding steroid dienone is 1. The first-order valence-corrected chi connectivity index (χ1v) is 8.13. The Bertz CT molecular complexity index is 154. The van der Waals surface area contributed by atoms with Crippen molar-refractivity contribution in [2.75, 3.05) is 0 Å². The molecule has 0 N–H and O–H groups in total. The fourth-order valence-corrected chi connectivity index (χ4v) is 3.28. The molecular formula is C11H24Si. The summed E-state index contributed by atoms with van der Waals surface area (Å²) in [6, 6.07) is 0. The van der Waals surface area contributed by atoms with Gasteiger partial charge in [-0.1, -0.05) is 59.0 Å². The molecule has 12 heavy (non-hydrogen) atoms. The van der Waals surface area contributed by atoms with Gasteiger partial charge in [0, 0.05) is 0 Å². The first-order valence-electron chi connectivity index (χ1n) is 5.05. The third-order valence-electron chi connectivity index (χ3n) is 3.40. The van der Waals surface area contributed by atoms with Gasteiger partial charge in [0.25, 0.3) is 0 Å². The van der Waals surface area contributed by atoms with Crippen LogP contribution >= 0.6 is 0 Å². The summed E-state index contributed by atoms with van der Waals surface area (Å²) in [6.07, 6.45) is 4.81. The number of hydrogen-bond donors (Lipinski definition) is 0. The van der Waals surface area contributed by atoms with Gasteiger partial charge in [0.05, 0.1) is 8.07 Å². The lowest BCUT2D eigenvalue weighted by Gasteiger charge is -2.37. The molecule has 0 saturated carbocycles. The molecule has 0 aliphatic rings. The lowest BCUT2D eigenvalue weighted by atomic mass is 10.1. The summed E-state index contributed by atoms with van der Waals surface area (Å²) >= 11 is 0. The molecule has 0 fully saturated rings. The van der Waals surface area contributed by atoms with Gasteiger partial charge in [-0.15, -0.1) is 0 Å². The van der Waals surface area contributed by atoms with Crippen molar-refractivity contribution in [3.05, 3.63) is 11.8 Å². The third-order valence-corrected chi connectivity index (χ3v) is 8.31. The Hall–Kier alpha value is -0.0431. The highest BCUT2D eigenvalue weighted by Crippen LogP contribution is 2.40. The summed E-state index contributed by atoms with van der Waals surface area (Å²) < 4.78 is 0. The van der Waals surface area contributed by atoms with E-state index in [9.17, 15) is 0 Å². The summed E-state index contributed by atoms with van der Waals surface area (Å²) in [5.41, 5.74) is 2.50. The van der Waals surface area contributed by atoms with E-state index in [4.69, 9.17) is 0 Å². The van der Waals surface area contributed by atoms with E-state index >= 15 is 0 Å². The van der Waals surface area contributed by atoms with Crippen LogP contribution in [0.25, 0.3) is 0 Å². The number of hydrogen-bond acceptors (Lipinski definition) is 0. The summed E-state index contributed by atoms with van der Waals surface area (Å²) in [5, 5.41) is 0.540. The van der Waals surface area contributed by atoms with Crippen LogP contribution in [0.1, 0.15) is 40.5 Å². The van der Waals surface area contributed by atoms with Gasteiger partial charge in [-0.25, -0.2) is 0 Å². The zero-order valence-electron chi connectivity index (χ0n) is 9.57. The molecule has 0 atom stereocenters. The first-order chi connectivity index (χ1) is 5.37. The largest absolute Gasteiger partial charge is 0.0981 e. The molecule has 0 aromatic heterocycles. The van der Waals surface area contributed by atoms with Crippen molar-refractivity contribution in [3.63, 3.8) is 0 Å². The quantitative estimate of drug-likeness (QED) is 0.568. The van der Waals surface area contributed by atoms with Crippen LogP contribution in [0.4, 0.5) is 0 Å². The van der Waals surface area contributed by atoms with Gasteiger partial charge in [-0.3, -0.25) is 0 Å². The van der Waals surface area contributed by atoms with Crippen molar-refractivity contribution in [2.45, 2.75) is 58.7 Å². The fourth-order valence-electron chi connectivity index (χ4n) is 1.09. The van der Waals surface area contributed by atoms with E-state index in [0.717, 1.165) is 0 Å². The Morgan fingerprint density at radius 2 is 1.67 bits per heavy atom. The topological polar surface area (TPSA) is 0 Å². The molecule has 0 bridgehead atoms. The van der Waals surface area contributed by atoms with E-state index in [2.05, 4.69) is 52.6 Å². The second kappa shape index (κ2) is 4.27. The van der Waals surface area contributed by atoms with Crippen LogP contribution in [0, 0.1) is 0 Å². The monoisotopic (exact) mass is 184 g/mol. The van der Waals surface area contributed by atoms with Gasteiger partial charge >= 0.3 is 0 Å². The molecule has 0 aromatic rings. The average Bonchev–Trinajstić information content (AvgIpc) is 2.00. The van der Waals surface area contributed by atoms with Crippen molar-refractivity contribution in [1.29, 1.82) is 0 Å². The second-order valence-corrected chi connectivity index (χ2v) is 9.90. The molecule has 0 nitrogen and oxygen atoms in total. The Morgan fingerprint density at radius 3 is 2.00 bits per heavy atom. The smallest absolute Gasteiger partial charge is 0.0768 e. The zero-order valence-corrected chi connectivity index (χ0v) is 10.6. The minimum absolute atomic E-state index is 0.540. The predicted molar refractivity (Wildman–Crippen MR) is 61.2 cm³/mol. The molecular weight excluding hydrogens is 160 g/mol.